The highest BCUT2D eigenvalue weighted by Gasteiger charge is 2.31. The maximum Gasteiger partial charge on any atom is 0.407 e. The average Bonchev–Trinajstić information content (AvgIpc) is 2.91. The van der Waals surface area contributed by atoms with E-state index in [1.54, 1.807) is 47.9 Å². The van der Waals surface area contributed by atoms with Crippen LogP contribution in [0.5, 0.6) is 11.5 Å². The van der Waals surface area contributed by atoms with Crippen molar-refractivity contribution in [2.75, 3.05) is 34.0 Å². The Morgan fingerprint density at radius 2 is 1.79 bits per heavy atom. The van der Waals surface area contributed by atoms with Crippen LogP contribution in [-0.2, 0) is 25.5 Å². The van der Waals surface area contributed by atoms with Gasteiger partial charge in [0, 0.05) is 38.7 Å². The third-order valence-electron chi connectivity index (χ3n) is 6.86. The monoisotopic (exact) mass is 592 g/mol. The molecule has 238 valence electrons. The molecule has 2 amide bonds. The van der Waals surface area contributed by atoms with E-state index in [0.29, 0.717) is 50.5 Å². The molecule has 1 rings (SSSR count). The zero-order valence-corrected chi connectivity index (χ0v) is 26.7. The van der Waals surface area contributed by atoms with Crippen LogP contribution in [0.25, 0.3) is 0 Å². The number of benzene rings is 1. The molecule has 4 atom stereocenters. The van der Waals surface area contributed by atoms with Crippen molar-refractivity contribution in [3.63, 3.8) is 0 Å². The molecule has 0 aliphatic heterocycles. The average molecular weight is 593 g/mol. The molecule has 0 aromatic heterocycles. The van der Waals surface area contributed by atoms with Crippen LogP contribution in [0, 0.1) is 17.8 Å². The number of aliphatic hydroxyl groups is 1. The quantitative estimate of drug-likeness (QED) is 0.158. The van der Waals surface area contributed by atoms with Crippen molar-refractivity contribution in [2.24, 2.45) is 17.8 Å². The number of amides is 2. The molecular formula is C32H52N2O8. The van der Waals surface area contributed by atoms with Crippen LogP contribution in [0.2, 0.25) is 0 Å². The molecule has 3 N–H and O–H groups in total. The fourth-order valence-corrected chi connectivity index (χ4v) is 4.47. The number of rotatable bonds is 19. The third-order valence-corrected chi connectivity index (χ3v) is 6.86. The van der Waals surface area contributed by atoms with E-state index in [2.05, 4.69) is 24.5 Å². The van der Waals surface area contributed by atoms with Crippen LogP contribution in [0.4, 0.5) is 4.79 Å². The Hall–Kier alpha value is -3.07. The summed E-state index contributed by atoms with van der Waals surface area (Å²) in [6.07, 6.45) is 2.11. The molecule has 0 unspecified atom stereocenters. The molecule has 0 fully saturated rings. The summed E-state index contributed by atoms with van der Waals surface area (Å²) in [7, 11) is 3.26. The number of hydrogen-bond donors (Lipinski definition) is 3. The van der Waals surface area contributed by atoms with Crippen LogP contribution in [-0.4, -0.2) is 74.8 Å². The standard InChI is InChI=1S/C32H52N2O8/c1-22(2)25(19-24-12-13-28(40-8)29(20-24)41-17-11-16-39-7)21-26(34-31(38)42-32(4,5)6)27(36)18-23(3)30(37)33-14-9-10-15-35/h10,12-13,20,22-23,25-27,36H,9,11,14,16-19,21H2,1-8H3,(H,33,37)(H,34,38)/t23-,25+,26+,27+/m1/s1. The first-order chi connectivity index (χ1) is 19.8. The third kappa shape index (κ3) is 14.7. The Bertz CT molecular complexity index is 1000. The predicted molar refractivity (Wildman–Crippen MR) is 162 cm³/mol. The lowest BCUT2D eigenvalue weighted by Crippen LogP contribution is -2.48. The fourth-order valence-electron chi connectivity index (χ4n) is 4.47. The van der Waals surface area contributed by atoms with E-state index in [4.69, 9.17) is 18.9 Å². The van der Waals surface area contributed by atoms with Crippen LogP contribution < -0.4 is 20.1 Å². The number of aliphatic hydroxyl groups excluding tert-OH is 1. The van der Waals surface area contributed by atoms with Gasteiger partial charge in [0.15, 0.2) is 11.5 Å². The SMILES string of the molecule is COCCCOc1cc(C[C@@H](C[C@H](NC(=O)OC(C)(C)C)[C@@H](O)C[C@@H](C)C(=O)NCCC=C=O)C(C)C)ccc1OC. The summed E-state index contributed by atoms with van der Waals surface area (Å²) in [5, 5.41) is 16.9. The van der Waals surface area contributed by atoms with Crippen molar-refractivity contribution in [3.8, 4) is 11.5 Å². The van der Waals surface area contributed by atoms with Gasteiger partial charge in [0.1, 0.15) is 11.5 Å². The number of carbonyl (C=O) groups is 2. The van der Waals surface area contributed by atoms with Gasteiger partial charge in [0.05, 0.1) is 25.9 Å². The Morgan fingerprint density at radius 1 is 1.07 bits per heavy atom. The highest BCUT2D eigenvalue weighted by atomic mass is 16.6. The second kappa shape index (κ2) is 19.2. The molecule has 1 aromatic carbocycles. The number of carbonyl (C=O) groups excluding carboxylic acids is 3. The van der Waals surface area contributed by atoms with Crippen molar-refractivity contribution < 1.29 is 38.4 Å². The molecule has 0 aliphatic rings. The van der Waals surface area contributed by atoms with Crippen LogP contribution in [0.15, 0.2) is 24.3 Å². The maximum atomic E-state index is 12.8. The maximum absolute atomic E-state index is 12.8. The Labute approximate surface area is 251 Å². The zero-order valence-electron chi connectivity index (χ0n) is 26.7. The van der Waals surface area contributed by atoms with E-state index < -0.39 is 29.8 Å². The van der Waals surface area contributed by atoms with Crippen LogP contribution >= 0.6 is 0 Å². The van der Waals surface area contributed by atoms with Gasteiger partial charge in [0.2, 0.25) is 5.91 Å². The highest BCUT2D eigenvalue weighted by Crippen LogP contribution is 2.32. The summed E-state index contributed by atoms with van der Waals surface area (Å²) in [4.78, 5) is 35.7. The summed E-state index contributed by atoms with van der Waals surface area (Å²) in [6.45, 7) is 12.7. The smallest absolute Gasteiger partial charge is 0.407 e. The lowest BCUT2D eigenvalue weighted by molar-refractivity contribution is -0.125. The topological polar surface area (TPSA) is 132 Å². The minimum atomic E-state index is -0.995. The molecule has 0 radical (unpaired) electrons. The zero-order chi connectivity index (χ0) is 31.7. The number of nitrogens with one attached hydrogen (secondary N) is 2. The molecule has 1 aromatic rings. The second-order valence-corrected chi connectivity index (χ2v) is 12.0. The fraction of sp³-hybridized carbons (Fsp3) is 0.688. The first-order valence-corrected chi connectivity index (χ1v) is 14.7. The molecule has 42 heavy (non-hydrogen) atoms. The molecule has 0 heterocycles. The van der Waals surface area contributed by atoms with Gasteiger partial charge in [0.25, 0.3) is 0 Å². The van der Waals surface area contributed by atoms with Crippen molar-refractivity contribution >= 4 is 17.9 Å². The van der Waals surface area contributed by atoms with Crippen molar-refractivity contribution in [1.82, 2.24) is 10.6 Å². The first-order valence-electron chi connectivity index (χ1n) is 14.7. The summed E-state index contributed by atoms with van der Waals surface area (Å²) in [5.74, 6) is 2.53. The second-order valence-electron chi connectivity index (χ2n) is 12.0. The molecular weight excluding hydrogens is 540 g/mol. The predicted octanol–water partition coefficient (Wildman–Crippen LogP) is 4.49. The largest absolute Gasteiger partial charge is 0.493 e. The highest BCUT2D eigenvalue weighted by molar-refractivity contribution is 5.78. The minimum Gasteiger partial charge on any atom is -0.493 e. The molecule has 0 aliphatic carbocycles. The van der Waals surface area contributed by atoms with Gasteiger partial charge in [-0.3, -0.25) is 4.79 Å². The molecule has 10 nitrogen and oxygen atoms in total. The Kier molecular flexibility index (Phi) is 16.9. The number of ether oxygens (including phenoxy) is 4. The van der Waals surface area contributed by atoms with E-state index in [0.717, 1.165) is 12.0 Å². The summed E-state index contributed by atoms with van der Waals surface area (Å²) < 4.78 is 22.0. The molecule has 0 saturated carbocycles. The van der Waals surface area contributed by atoms with Gasteiger partial charge in [-0.2, -0.15) is 0 Å². The summed E-state index contributed by atoms with van der Waals surface area (Å²) >= 11 is 0. The van der Waals surface area contributed by atoms with Gasteiger partial charge < -0.3 is 34.7 Å². The van der Waals surface area contributed by atoms with Gasteiger partial charge in [-0.05, 0) is 76.0 Å². The minimum absolute atomic E-state index is 0.0774. The normalized spacial score (nSPS) is 14.2. The van der Waals surface area contributed by atoms with Crippen molar-refractivity contribution in [3.05, 3.63) is 29.8 Å². The van der Waals surface area contributed by atoms with Gasteiger partial charge in [-0.15, -0.1) is 0 Å². The summed E-state index contributed by atoms with van der Waals surface area (Å²) in [6, 6.07) is 5.20. The lowest BCUT2D eigenvalue weighted by atomic mass is 9.82. The lowest BCUT2D eigenvalue weighted by Gasteiger charge is -2.32. The van der Waals surface area contributed by atoms with Gasteiger partial charge >= 0.3 is 6.09 Å². The van der Waals surface area contributed by atoms with E-state index in [-0.39, 0.29) is 24.2 Å². The Balaban J connectivity index is 3.10. The van der Waals surface area contributed by atoms with E-state index >= 15 is 0 Å². The number of alkyl carbamates (subject to hydrolysis) is 1. The summed E-state index contributed by atoms with van der Waals surface area (Å²) in [5.41, 5.74) is 0.335. The number of hydrogen-bond acceptors (Lipinski definition) is 8. The van der Waals surface area contributed by atoms with Gasteiger partial charge in [-0.1, -0.05) is 26.8 Å². The van der Waals surface area contributed by atoms with Crippen molar-refractivity contribution in [1.29, 1.82) is 0 Å². The van der Waals surface area contributed by atoms with Crippen LogP contribution in [0.3, 0.4) is 0 Å². The molecule has 0 saturated heterocycles. The van der Waals surface area contributed by atoms with Crippen molar-refractivity contribution in [2.45, 2.75) is 91.4 Å². The van der Waals surface area contributed by atoms with E-state index in [9.17, 15) is 19.5 Å². The molecule has 0 bridgehead atoms. The Morgan fingerprint density at radius 3 is 2.38 bits per heavy atom. The van der Waals surface area contributed by atoms with E-state index in [1.165, 1.54) is 6.08 Å². The molecule has 0 spiro atoms. The van der Waals surface area contributed by atoms with Gasteiger partial charge in [-0.25, -0.2) is 9.59 Å². The molecule has 10 heteroatoms. The first kappa shape index (κ1) is 37.0. The van der Waals surface area contributed by atoms with E-state index in [1.807, 2.05) is 18.2 Å². The van der Waals surface area contributed by atoms with Crippen LogP contribution in [0.1, 0.15) is 72.8 Å². The number of methoxy groups -OCH3 is 2.